The second-order valence-corrected chi connectivity index (χ2v) is 3.82. The van der Waals surface area contributed by atoms with E-state index >= 15 is 0 Å². The molecule has 0 aliphatic carbocycles. The van der Waals surface area contributed by atoms with E-state index in [9.17, 15) is 4.79 Å². The normalized spacial score (nSPS) is 10.0. The molecule has 2 rings (SSSR count). The second-order valence-electron chi connectivity index (χ2n) is 3.06. The number of nitrogens with one attached hydrogen (secondary N) is 1. The molecule has 0 aromatic carbocycles. The lowest BCUT2D eigenvalue weighted by molar-refractivity contribution is 0.102. The zero-order valence-corrected chi connectivity index (χ0v) is 9.90. The van der Waals surface area contributed by atoms with E-state index < -0.39 is 0 Å². The van der Waals surface area contributed by atoms with Gasteiger partial charge in [-0.05, 0) is 18.2 Å². The molecule has 2 heterocycles. The minimum atomic E-state index is -0.378. The highest BCUT2D eigenvalue weighted by Gasteiger charge is 2.09. The zero-order chi connectivity index (χ0) is 12.3. The van der Waals surface area contributed by atoms with E-state index in [0.717, 1.165) is 0 Å². The fourth-order valence-electron chi connectivity index (χ4n) is 1.10. The van der Waals surface area contributed by atoms with Gasteiger partial charge in [0.1, 0.15) is 5.15 Å². The number of amides is 1. The van der Waals surface area contributed by atoms with Crippen LogP contribution in [0.25, 0.3) is 0 Å². The summed E-state index contributed by atoms with van der Waals surface area (Å²) in [7, 11) is 0. The van der Waals surface area contributed by atoms with Crippen molar-refractivity contribution in [3.05, 3.63) is 46.3 Å². The number of carbonyl (C=O) groups is 1. The van der Waals surface area contributed by atoms with Crippen molar-refractivity contribution in [1.82, 2.24) is 15.2 Å². The van der Waals surface area contributed by atoms with Crippen molar-refractivity contribution in [2.45, 2.75) is 0 Å². The first-order chi connectivity index (χ1) is 8.16. The molecule has 0 spiro atoms. The summed E-state index contributed by atoms with van der Waals surface area (Å²) in [5.41, 5.74) is 0.296. The molecule has 0 atom stereocenters. The van der Waals surface area contributed by atoms with Gasteiger partial charge in [0.05, 0.1) is 10.6 Å². The highest BCUT2D eigenvalue weighted by atomic mass is 35.5. The van der Waals surface area contributed by atoms with Crippen molar-refractivity contribution >= 4 is 34.9 Å². The average molecular weight is 269 g/mol. The van der Waals surface area contributed by atoms with E-state index in [4.69, 9.17) is 23.2 Å². The summed E-state index contributed by atoms with van der Waals surface area (Å²) in [6.07, 6.45) is 2.84. The number of pyridine rings is 1. The van der Waals surface area contributed by atoms with Gasteiger partial charge in [-0.2, -0.15) is 5.10 Å². The molecule has 0 saturated heterocycles. The Labute approximate surface area is 107 Å². The molecular formula is C10H6Cl2N4O. The van der Waals surface area contributed by atoms with Gasteiger partial charge in [-0.15, -0.1) is 5.10 Å². The number of hydrogen-bond donors (Lipinski definition) is 1. The third kappa shape index (κ3) is 2.89. The summed E-state index contributed by atoms with van der Waals surface area (Å²) in [5.74, 6) is -0.0276. The van der Waals surface area contributed by atoms with Crippen LogP contribution in [0.1, 0.15) is 10.4 Å². The van der Waals surface area contributed by atoms with Gasteiger partial charge in [0, 0.05) is 12.4 Å². The maximum atomic E-state index is 11.8. The Kier molecular flexibility index (Phi) is 3.51. The SMILES string of the molecule is O=C(Nc1cccnn1)c1cnc(Cl)c(Cl)c1. The van der Waals surface area contributed by atoms with Gasteiger partial charge in [-0.1, -0.05) is 23.2 Å². The molecule has 1 amide bonds. The van der Waals surface area contributed by atoms with Gasteiger partial charge < -0.3 is 5.32 Å². The van der Waals surface area contributed by atoms with Gasteiger partial charge in [0.25, 0.3) is 5.91 Å². The summed E-state index contributed by atoms with van der Waals surface area (Å²) < 4.78 is 0. The van der Waals surface area contributed by atoms with Gasteiger partial charge in [0.2, 0.25) is 0 Å². The van der Waals surface area contributed by atoms with Crippen molar-refractivity contribution in [2.24, 2.45) is 0 Å². The maximum Gasteiger partial charge on any atom is 0.258 e. The lowest BCUT2D eigenvalue weighted by Crippen LogP contribution is -2.13. The van der Waals surface area contributed by atoms with Crippen LogP contribution in [0, 0.1) is 0 Å². The minimum absolute atomic E-state index is 0.155. The molecular weight excluding hydrogens is 263 g/mol. The Morgan fingerprint density at radius 2 is 2.18 bits per heavy atom. The molecule has 2 aromatic heterocycles. The fraction of sp³-hybridized carbons (Fsp3) is 0. The summed E-state index contributed by atoms with van der Waals surface area (Å²) in [4.78, 5) is 15.5. The Hall–Kier alpha value is -1.72. The van der Waals surface area contributed by atoms with E-state index in [1.54, 1.807) is 12.1 Å². The van der Waals surface area contributed by atoms with Crippen LogP contribution in [0.4, 0.5) is 5.82 Å². The first kappa shape index (κ1) is 11.8. The van der Waals surface area contributed by atoms with Crippen LogP contribution in [0.2, 0.25) is 10.2 Å². The molecule has 0 fully saturated rings. The van der Waals surface area contributed by atoms with Gasteiger partial charge in [-0.25, -0.2) is 4.98 Å². The van der Waals surface area contributed by atoms with E-state index in [1.807, 2.05) is 0 Å². The quantitative estimate of drug-likeness (QED) is 0.850. The van der Waals surface area contributed by atoms with Crippen LogP contribution in [0.5, 0.6) is 0 Å². The summed E-state index contributed by atoms with van der Waals surface area (Å²) in [6.45, 7) is 0. The first-order valence-corrected chi connectivity index (χ1v) is 5.32. The van der Waals surface area contributed by atoms with E-state index in [1.165, 1.54) is 18.5 Å². The molecule has 0 aliphatic heterocycles. The number of hydrogen-bond acceptors (Lipinski definition) is 4. The summed E-state index contributed by atoms with van der Waals surface area (Å²) in [5, 5.41) is 10.3. The van der Waals surface area contributed by atoms with E-state index in [0.29, 0.717) is 11.4 Å². The minimum Gasteiger partial charge on any atom is -0.305 e. The van der Waals surface area contributed by atoms with Crippen molar-refractivity contribution < 1.29 is 4.79 Å². The number of nitrogens with zero attached hydrogens (tertiary/aromatic N) is 3. The molecule has 2 aromatic rings. The van der Waals surface area contributed by atoms with Crippen LogP contribution in [-0.4, -0.2) is 21.1 Å². The molecule has 86 valence electrons. The van der Waals surface area contributed by atoms with Crippen LogP contribution < -0.4 is 5.32 Å². The molecule has 0 bridgehead atoms. The Balaban J connectivity index is 2.18. The third-order valence-electron chi connectivity index (χ3n) is 1.87. The van der Waals surface area contributed by atoms with Crippen molar-refractivity contribution in [1.29, 1.82) is 0 Å². The van der Waals surface area contributed by atoms with Gasteiger partial charge >= 0.3 is 0 Å². The Morgan fingerprint density at radius 3 is 2.82 bits per heavy atom. The fourth-order valence-corrected chi connectivity index (χ4v) is 1.37. The monoisotopic (exact) mass is 268 g/mol. The largest absolute Gasteiger partial charge is 0.305 e. The van der Waals surface area contributed by atoms with Crippen molar-refractivity contribution in [2.75, 3.05) is 5.32 Å². The smallest absolute Gasteiger partial charge is 0.258 e. The van der Waals surface area contributed by atoms with Crippen LogP contribution in [0.15, 0.2) is 30.6 Å². The predicted molar refractivity (Wildman–Crippen MR) is 64.2 cm³/mol. The number of halogens is 2. The first-order valence-electron chi connectivity index (χ1n) is 4.57. The van der Waals surface area contributed by atoms with Crippen LogP contribution in [0.3, 0.4) is 0 Å². The molecule has 1 N–H and O–H groups in total. The lowest BCUT2D eigenvalue weighted by Gasteiger charge is -2.03. The van der Waals surface area contributed by atoms with Gasteiger partial charge in [0.15, 0.2) is 5.82 Å². The summed E-state index contributed by atoms with van der Waals surface area (Å²) >= 11 is 11.4. The zero-order valence-electron chi connectivity index (χ0n) is 8.39. The van der Waals surface area contributed by atoms with Crippen LogP contribution in [-0.2, 0) is 0 Å². The number of anilines is 1. The molecule has 0 saturated carbocycles. The number of carbonyl (C=O) groups excluding carboxylic acids is 1. The van der Waals surface area contributed by atoms with Gasteiger partial charge in [-0.3, -0.25) is 4.79 Å². The number of rotatable bonds is 2. The Morgan fingerprint density at radius 1 is 1.35 bits per heavy atom. The Bertz CT molecular complexity index is 547. The number of aromatic nitrogens is 3. The molecule has 17 heavy (non-hydrogen) atoms. The van der Waals surface area contributed by atoms with E-state index in [-0.39, 0.29) is 16.1 Å². The highest BCUT2D eigenvalue weighted by molar-refractivity contribution is 6.41. The predicted octanol–water partition coefficient (Wildman–Crippen LogP) is 2.43. The lowest BCUT2D eigenvalue weighted by atomic mass is 10.2. The molecule has 0 radical (unpaired) electrons. The van der Waals surface area contributed by atoms with E-state index in [2.05, 4.69) is 20.5 Å². The standard InChI is InChI=1S/C10H6Cl2N4O/c11-7-4-6(5-13-9(7)12)10(17)15-8-2-1-3-14-16-8/h1-5H,(H,15,16,17). The molecule has 0 unspecified atom stereocenters. The average Bonchev–Trinajstić information content (AvgIpc) is 2.34. The molecule has 0 aliphatic rings. The molecule has 7 heteroatoms. The third-order valence-corrected chi connectivity index (χ3v) is 2.56. The van der Waals surface area contributed by atoms with Crippen molar-refractivity contribution in [3.8, 4) is 0 Å². The van der Waals surface area contributed by atoms with Crippen LogP contribution >= 0.6 is 23.2 Å². The topological polar surface area (TPSA) is 67.8 Å². The van der Waals surface area contributed by atoms with Crippen molar-refractivity contribution in [3.63, 3.8) is 0 Å². The maximum absolute atomic E-state index is 11.8. The highest BCUT2D eigenvalue weighted by Crippen LogP contribution is 2.20. The second kappa shape index (κ2) is 5.07. The summed E-state index contributed by atoms with van der Waals surface area (Å²) in [6, 6.07) is 4.72. The molecule has 5 nitrogen and oxygen atoms in total.